The van der Waals surface area contributed by atoms with Crippen LogP contribution >= 0.6 is 0 Å². The van der Waals surface area contributed by atoms with Crippen molar-refractivity contribution in [3.63, 3.8) is 0 Å². The van der Waals surface area contributed by atoms with E-state index in [1.807, 2.05) is 0 Å². The maximum absolute atomic E-state index is 5.96. The molecule has 86 valence electrons. The molecule has 2 unspecified atom stereocenters. The molecule has 0 aliphatic rings. The predicted octanol–water partition coefficient (Wildman–Crippen LogP) is 2.53. The SMILES string of the molecule is CCCCCC(C)NCC(N)C(C)C. The maximum atomic E-state index is 5.96. The van der Waals surface area contributed by atoms with Crippen LogP contribution in [0.3, 0.4) is 0 Å². The molecule has 0 amide bonds. The number of unbranched alkanes of at least 4 members (excludes halogenated alkanes) is 2. The summed E-state index contributed by atoms with van der Waals surface area (Å²) in [5.74, 6) is 0.574. The standard InChI is InChI=1S/C12H28N2/c1-5-6-7-8-11(4)14-9-12(13)10(2)3/h10-12,14H,5-9,13H2,1-4H3. The van der Waals surface area contributed by atoms with E-state index < -0.39 is 0 Å². The fraction of sp³-hybridized carbons (Fsp3) is 1.00. The molecule has 0 rings (SSSR count). The van der Waals surface area contributed by atoms with Crippen LogP contribution in [0, 0.1) is 5.92 Å². The Kier molecular flexibility index (Phi) is 8.20. The first kappa shape index (κ1) is 13.9. The lowest BCUT2D eigenvalue weighted by Gasteiger charge is -2.20. The van der Waals surface area contributed by atoms with Crippen LogP contribution in [-0.2, 0) is 0 Å². The minimum Gasteiger partial charge on any atom is -0.326 e. The highest BCUT2D eigenvalue weighted by molar-refractivity contribution is 4.71. The van der Waals surface area contributed by atoms with Crippen molar-refractivity contribution in [2.24, 2.45) is 11.7 Å². The van der Waals surface area contributed by atoms with Crippen LogP contribution in [0.25, 0.3) is 0 Å². The van der Waals surface area contributed by atoms with E-state index in [-0.39, 0.29) is 0 Å². The van der Waals surface area contributed by atoms with Crippen molar-refractivity contribution < 1.29 is 0 Å². The number of hydrogen-bond donors (Lipinski definition) is 2. The fourth-order valence-corrected chi connectivity index (χ4v) is 1.38. The van der Waals surface area contributed by atoms with E-state index in [9.17, 15) is 0 Å². The van der Waals surface area contributed by atoms with Gasteiger partial charge >= 0.3 is 0 Å². The smallest absolute Gasteiger partial charge is 0.0188 e. The second-order valence-corrected chi connectivity index (χ2v) is 4.71. The van der Waals surface area contributed by atoms with Gasteiger partial charge in [-0.05, 0) is 19.3 Å². The first-order valence-corrected chi connectivity index (χ1v) is 6.06. The lowest BCUT2D eigenvalue weighted by atomic mass is 10.0. The number of hydrogen-bond acceptors (Lipinski definition) is 2. The molecule has 0 bridgehead atoms. The quantitative estimate of drug-likeness (QED) is 0.591. The molecule has 0 aromatic rings. The third-order valence-electron chi connectivity index (χ3n) is 2.80. The van der Waals surface area contributed by atoms with E-state index in [1.165, 1.54) is 25.7 Å². The van der Waals surface area contributed by atoms with Gasteiger partial charge in [-0.2, -0.15) is 0 Å². The number of rotatable bonds is 8. The van der Waals surface area contributed by atoms with Gasteiger partial charge in [-0.15, -0.1) is 0 Å². The van der Waals surface area contributed by atoms with E-state index in [0.29, 0.717) is 18.0 Å². The van der Waals surface area contributed by atoms with Crippen molar-refractivity contribution in [2.75, 3.05) is 6.54 Å². The molecule has 0 heterocycles. The van der Waals surface area contributed by atoms with Crippen molar-refractivity contribution in [3.8, 4) is 0 Å². The van der Waals surface area contributed by atoms with Gasteiger partial charge in [-0.3, -0.25) is 0 Å². The molecule has 0 aromatic heterocycles. The number of nitrogens with two attached hydrogens (primary N) is 1. The van der Waals surface area contributed by atoms with Crippen LogP contribution in [0.1, 0.15) is 53.4 Å². The van der Waals surface area contributed by atoms with Crippen molar-refractivity contribution in [2.45, 2.75) is 65.5 Å². The van der Waals surface area contributed by atoms with Crippen LogP contribution in [0.15, 0.2) is 0 Å². The summed E-state index contributed by atoms with van der Waals surface area (Å²) >= 11 is 0. The summed E-state index contributed by atoms with van der Waals surface area (Å²) in [6.45, 7) is 9.79. The van der Waals surface area contributed by atoms with Gasteiger partial charge in [0.2, 0.25) is 0 Å². The second kappa shape index (κ2) is 8.25. The number of nitrogens with one attached hydrogen (secondary N) is 1. The lowest BCUT2D eigenvalue weighted by Crippen LogP contribution is -2.41. The lowest BCUT2D eigenvalue weighted by molar-refractivity contribution is 0.412. The Morgan fingerprint density at radius 3 is 2.29 bits per heavy atom. The van der Waals surface area contributed by atoms with Crippen LogP contribution < -0.4 is 11.1 Å². The van der Waals surface area contributed by atoms with Crippen LogP contribution in [0.2, 0.25) is 0 Å². The molecule has 0 radical (unpaired) electrons. The molecular formula is C12H28N2. The van der Waals surface area contributed by atoms with Gasteiger partial charge in [0.05, 0.1) is 0 Å². The van der Waals surface area contributed by atoms with Crippen molar-refractivity contribution in [1.82, 2.24) is 5.32 Å². The van der Waals surface area contributed by atoms with Gasteiger partial charge in [-0.1, -0.05) is 40.0 Å². The first-order valence-electron chi connectivity index (χ1n) is 6.06. The molecule has 0 spiro atoms. The molecule has 0 saturated carbocycles. The molecule has 3 N–H and O–H groups in total. The zero-order valence-corrected chi connectivity index (χ0v) is 10.3. The third kappa shape index (κ3) is 7.34. The zero-order chi connectivity index (χ0) is 11.0. The summed E-state index contributed by atoms with van der Waals surface area (Å²) in [6, 6.07) is 0.912. The topological polar surface area (TPSA) is 38.0 Å². The highest BCUT2D eigenvalue weighted by Crippen LogP contribution is 2.03. The molecule has 14 heavy (non-hydrogen) atoms. The maximum Gasteiger partial charge on any atom is 0.0188 e. The van der Waals surface area contributed by atoms with Crippen LogP contribution in [0.4, 0.5) is 0 Å². The monoisotopic (exact) mass is 200 g/mol. The summed E-state index contributed by atoms with van der Waals surface area (Å²) in [6.07, 6.45) is 5.26. The molecule has 0 aliphatic carbocycles. The van der Waals surface area contributed by atoms with Gasteiger partial charge in [0.15, 0.2) is 0 Å². The summed E-state index contributed by atoms with van der Waals surface area (Å²) in [4.78, 5) is 0. The van der Waals surface area contributed by atoms with Crippen LogP contribution in [-0.4, -0.2) is 18.6 Å². The van der Waals surface area contributed by atoms with Crippen molar-refractivity contribution in [3.05, 3.63) is 0 Å². The van der Waals surface area contributed by atoms with Crippen molar-refractivity contribution >= 4 is 0 Å². The van der Waals surface area contributed by atoms with Gasteiger partial charge in [-0.25, -0.2) is 0 Å². The normalized spacial score (nSPS) is 15.9. The Labute approximate surface area is 89.6 Å². The molecule has 2 heteroatoms. The third-order valence-corrected chi connectivity index (χ3v) is 2.80. The molecule has 0 saturated heterocycles. The molecular weight excluding hydrogens is 172 g/mol. The average Bonchev–Trinajstić information content (AvgIpc) is 2.14. The molecule has 0 fully saturated rings. The molecule has 2 nitrogen and oxygen atoms in total. The average molecular weight is 200 g/mol. The Bertz CT molecular complexity index is 123. The predicted molar refractivity (Wildman–Crippen MR) is 64.4 cm³/mol. The van der Waals surface area contributed by atoms with E-state index in [4.69, 9.17) is 5.73 Å². The van der Waals surface area contributed by atoms with E-state index >= 15 is 0 Å². The minimum absolute atomic E-state index is 0.295. The van der Waals surface area contributed by atoms with Gasteiger partial charge in [0, 0.05) is 18.6 Å². The largest absolute Gasteiger partial charge is 0.326 e. The van der Waals surface area contributed by atoms with E-state index in [2.05, 4.69) is 33.0 Å². The second-order valence-electron chi connectivity index (χ2n) is 4.71. The van der Waals surface area contributed by atoms with Gasteiger partial charge in [0.1, 0.15) is 0 Å². The highest BCUT2D eigenvalue weighted by Gasteiger charge is 2.08. The zero-order valence-electron chi connectivity index (χ0n) is 10.3. The van der Waals surface area contributed by atoms with Crippen molar-refractivity contribution in [1.29, 1.82) is 0 Å². The van der Waals surface area contributed by atoms with Crippen LogP contribution in [0.5, 0.6) is 0 Å². The molecule has 0 aliphatic heterocycles. The minimum atomic E-state index is 0.295. The van der Waals surface area contributed by atoms with Gasteiger partial charge in [0.25, 0.3) is 0 Å². The summed E-state index contributed by atoms with van der Waals surface area (Å²) in [5.41, 5.74) is 5.96. The van der Waals surface area contributed by atoms with E-state index in [0.717, 1.165) is 6.54 Å². The summed E-state index contributed by atoms with van der Waals surface area (Å²) in [7, 11) is 0. The fourth-order valence-electron chi connectivity index (χ4n) is 1.38. The Morgan fingerprint density at radius 1 is 1.14 bits per heavy atom. The molecule has 0 aromatic carbocycles. The van der Waals surface area contributed by atoms with Gasteiger partial charge < -0.3 is 11.1 Å². The summed E-state index contributed by atoms with van der Waals surface area (Å²) < 4.78 is 0. The highest BCUT2D eigenvalue weighted by atomic mass is 14.9. The first-order chi connectivity index (χ1) is 6.57. The molecule has 2 atom stereocenters. The Hall–Kier alpha value is -0.0800. The van der Waals surface area contributed by atoms with E-state index in [1.54, 1.807) is 0 Å². The summed E-state index contributed by atoms with van der Waals surface area (Å²) in [5, 5.41) is 3.50. The Balaban J connectivity index is 3.38. The Morgan fingerprint density at radius 2 is 1.79 bits per heavy atom.